The van der Waals surface area contributed by atoms with E-state index in [1.807, 2.05) is 12.1 Å². The molecule has 0 unspecified atom stereocenters. The van der Waals surface area contributed by atoms with Crippen LogP contribution >= 0.6 is 12.2 Å². The normalized spacial score (nSPS) is 10.2. The highest BCUT2D eigenvalue weighted by Crippen LogP contribution is 2.24. The zero-order valence-electron chi connectivity index (χ0n) is 13.4. The van der Waals surface area contributed by atoms with Gasteiger partial charge in [0.15, 0.2) is 0 Å². The van der Waals surface area contributed by atoms with Gasteiger partial charge in [0, 0.05) is 6.07 Å². The van der Waals surface area contributed by atoms with Gasteiger partial charge in [-0.3, -0.25) is 0 Å². The van der Waals surface area contributed by atoms with Gasteiger partial charge >= 0.3 is 0 Å². The van der Waals surface area contributed by atoms with Gasteiger partial charge in [-0.25, -0.2) is 0 Å². The fraction of sp³-hybridized carbons (Fsp3) is 0.278. The van der Waals surface area contributed by atoms with Crippen LogP contribution in [-0.2, 0) is 6.42 Å². The maximum Gasteiger partial charge on any atom is 0.133 e. The van der Waals surface area contributed by atoms with E-state index in [1.165, 1.54) is 5.56 Å². The van der Waals surface area contributed by atoms with Gasteiger partial charge in [-0.05, 0) is 36.2 Å². The Morgan fingerprint density at radius 2 is 1.65 bits per heavy atom. The van der Waals surface area contributed by atoms with Crippen LogP contribution in [0.25, 0.3) is 0 Å². The molecule has 0 fully saturated rings. The fourth-order valence-corrected chi connectivity index (χ4v) is 2.25. The number of hydrogen-bond acceptors (Lipinski definition) is 4. The molecular weight excluding hydrogens is 310 g/mol. The van der Waals surface area contributed by atoms with Gasteiger partial charge in [0.1, 0.15) is 35.5 Å². The maximum atomic E-state index is 5.74. The average Bonchev–Trinajstić information content (AvgIpc) is 2.58. The predicted octanol–water partition coefficient (Wildman–Crippen LogP) is 3.35. The van der Waals surface area contributed by atoms with Crippen LogP contribution in [0.4, 0.5) is 0 Å². The summed E-state index contributed by atoms with van der Waals surface area (Å²) in [4.78, 5) is 0.290. The lowest BCUT2D eigenvalue weighted by molar-refractivity contribution is 0.216. The SMILES string of the molecule is CCc1ccc(OCCOc2cc(OC)ccc2C(N)=S)cc1. The lowest BCUT2D eigenvalue weighted by Crippen LogP contribution is -2.14. The molecule has 2 rings (SSSR count). The highest BCUT2D eigenvalue weighted by atomic mass is 32.1. The lowest BCUT2D eigenvalue weighted by atomic mass is 10.2. The Balaban J connectivity index is 1.91. The summed E-state index contributed by atoms with van der Waals surface area (Å²) in [6.45, 7) is 2.94. The van der Waals surface area contributed by atoms with Crippen molar-refractivity contribution >= 4 is 17.2 Å². The van der Waals surface area contributed by atoms with Crippen molar-refractivity contribution in [1.82, 2.24) is 0 Å². The molecule has 2 N–H and O–H groups in total. The summed E-state index contributed by atoms with van der Waals surface area (Å²) in [5, 5.41) is 0. The van der Waals surface area contributed by atoms with Crippen LogP contribution in [0, 0.1) is 0 Å². The Bertz CT molecular complexity index is 656. The first-order chi connectivity index (χ1) is 11.1. The van der Waals surface area contributed by atoms with Gasteiger partial charge in [-0.15, -0.1) is 0 Å². The first-order valence-corrected chi connectivity index (χ1v) is 7.87. The summed E-state index contributed by atoms with van der Waals surface area (Å²) in [6.07, 6.45) is 1.01. The molecule has 0 spiro atoms. The molecule has 122 valence electrons. The Kier molecular flexibility index (Phi) is 6.23. The molecule has 2 aromatic carbocycles. The molecule has 2 aromatic rings. The van der Waals surface area contributed by atoms with Crippen molar-refractivity contribution in [2.24, 2.45) is 5.73 Å². The van der Waals surface area contributed by atoms with Crippen LogP contribution in [0.3, 0.4) is 0 Å². The Hall–Kier alpha value is -2.27. The van der Waals surface area contributed by atoms with Crippen LogP contribution in [-0.4, -0.2) is 25.3 Å². The van der Waals surface area contributed by atoms with Gasteiger partial charge in [-0.1, -0.05) is 31.3 Å². The Morgan fingerprint density at radius 1 is 1.00 bits per heavy atom. The molecule has 5 heteroatoms. The summed E-state index contributed by atoms with van der Waals surface area (Å²) in [6, 6.07) is 13.4. The van der Waals surface area contributed by atoms with Crippen molar-refractivity contribution in [3.05, 3.63) is 53.6 Å². The molecule has 0 aliphatic heterocycles. The maximum absolute atomic E-state index is 5.74. The summed E-state index contributed by atoms with van der Waals surface area (Å²) in [5.74, 6) is 2.11. The zero-order chi connectivity index (χ0) is 16.7. The van der Waals surface area contributed by atoms with Gasteiger partial charge in [0.2, 0.25) is 0 Å². The van der Waals surface area contributed by atoms with E-state index in [-0.39, 0.29) is 0 Å². The number of ether oxygens (including phenoxy) is 3. The van der Waals surface area contributed by atoms with Crippen LogP contribution < -0.4 is 19.9 Å². The van der Waals surface area contributed by atoms with E-state index < -0.39 is 0 Å². The van der Waals surface area contributed by atoms with Gasteiger partial charge in [0.25, 0.3) is 0 Å². The number of rotatable bonds is 8. The molecule has 0 saturated carbocycles. The molecule has 0 amide bonds. The molecular formula is C18H21NO3S. The van der Waals surface area contributed by atoms with Crippen LogP contribution in [0.15, 0.2) is 42.5 Å². The van der Waals surface area contributed by atoms with E-state index in [0.717, 1.165) is 12.2 Å². The zero-order valence-corrected chi connectivity index (χ0v) is 14.2. The van der Waals surface area contributed by atoms with E-state index in [4.69, 9.17) is 32.2 Å². The third-order valence-corrected chi connectivity index (χ3v) is 3.62. The second kappa shape index (κ2) is 8.39. The van der Waals surface area contributed by atoms with E-state index >= 15 is 0 Å². The van der Waals surface area contributed by atoms with Crippen molar-refractivity contribution in [2.75, 3.05) is 20.3 Å². The predicted molar refractivity (Wildman–Crippen MR) is 95.7 cm³/mol. The second-order valence-corrected chi connectivity index (χ2v) is 5.36. The molecule has 23 heavy (non-hydrogen) atoms. The monoisotopic (exact) mass is 331 g/mol. The van der Waals surface area contributed by atoms with Gasteiger partial charge in [0.05, 0.1) is 12.7 Å². The first kappa shape index (κ1) is 17.1. The van der Waals surface area contributed by atoms with Gasteiger partial charge < -0.3 is 19.9 Å². The van der Waals surface area contributed by atoms with Gasteiger partial charge in [-0.2, -0.15) is 0 Å². The number of thiocarbonyl (C=S) groups is 1. The smallest absolute Gasteiger partial charge is 0.133 e. The molecule has 0 heterocycles. The minimum Gasteiger partial charge on any atom is -0.497 e. The number of aryl methyl sites for hydroxylation is 1. The summed E-state index contributed by atoms with van der Waals surface area (Å²) in [7, 11) is 1.60. The molecule has 4 nitrogen and oxygen atoms in total. The standard InChI is InChI=1S/C18H21NO3S/c1-3-13-4-6-14(7-5-13)21-10-11-22-17-12-15(20-2)8-9-16(17)18(19)23/h4-9,12H,3,10-11H2,1-2H3,(H2,19,23). The van der Waals surface area contributed by atoms with Crippen molar-refractivity contribution in [3.63, 3.8) is 0 Å². The molecule has 0 aliphatic rings. The van der Waals surface area contributed by atoms with E-state index in [9.17, 15) is 0 Å². The Labute approximate surface area is 142 Å². The topological polar surface area (TPSA) is 53.7 Å². The fourth-order valence-electron chi connectivity index (χ4n) is 2.09. The third-order valence-electron chi connectivity index (χ3n) is 3.40. The van der Waals surface area contributed by atoms with Crippen molar-refractivity contribution in [3.8, 4) is 17.2 Å². The number of hydrogen-bond donors (Lipinski definition) is 1. The molecule has 0 bridgehead atoms. The number of nitrogens with two attached hydrogens (primary N) is 1. The van der Waals surface area contributed by atoms with E-state index in [2.05, 4.69) is 19.1 Å². The second-order valence-electron chi connectivity index (χ2n) is 4.92. The molecule has 0 aromatic heterocycles. The highest BCUT2D eigenvalue weighted by Gasteiger charge is 2.08. The molecule has 0 aliphatic carbocycles. The quantitative estimate of drug-likeness (QED) is 0.594. The third kappa shape index (κ3) is 4.86. The minimum atomic E-state index is 0.290. The minimum absolute atomic E-state index is 0.290. The van der Waals surface area contributed by atoms with Crippen molar-refractivity contribution in [1.29, 1.82) is 0 Å². The first-order valence-electron chi connectivity index (χ1n) is 7.46. The lowest BCUT2D eigenvalue weighted by Gasteiger charge is -2.13. The molecule has 0 atom stereocenters. The Morgan fingerprint density at radius 3 is 2.26 bits per heavy atom. The largest absolute Gasteiger partial charge is 0.497 e. The summed E-state index contributed by atoms with van der Waals surface area (Å²) >= 11 is 5.03. The van der Waals surface area contributed by atoms with E-state index in [1.54, 1.807) is 25.3 Å². The number of benzene rings is 2. The van der Waals surface area contributed by atoms with E-state index in [0.29, 0.717) is 35.3 Å². The van der Waals surface area contributed by atoms with Crippen molar-refractivity contribution < 1.29 is 14.2 Å². The number of methoxy groups -OCH3 is 1. The van der Waals surface area contributed by atoms with Crippen LogP contribution in [0.1, 0.15) is 18.1 Å². The van der Waals surface area contributed by atoms with Crippen LogP contribution in [0.5, 0.6) is 17.2 Å². The highest BCUT2D eigenvalue weighted by molar-refractivity contribution is 7.80. The molecule has 0 radical (unpaired) electrons. The summed E-state index contributed by atoms with van der Waals surface area (Å²) < 4.78 is 16.6. The summed E-state index contributed by atoms with van der Waals surface area (Å²) in [5.41, 5.74) is 7.68. The molecule has 0 saturated heterocycles. The van der Waals surface area contributed by atoms with Crippen LogP contribution in [0.2, 0.25) is 0 Å². The average molecular weight is 331 g/mol. The van der Waals surface area contributed by atoms with Crippen molar-refractivity contribution in [2.45, 2.75) is 13.3 Å².